The third kappa shape index (κ3) is 6.87. The molecule has 8 nitrogen and oxygen atoms in total. The Hall–Kier alpha value is -3.76. The SMILES string of the molecule is CCOc1cc(C(=O)OCC(=O)Nc2ccc(F)c(F)c2F)ccc1OCC(=O)N1CCCCC1. The smallest absolute Gasteiger partial charge is 0.338 e. The van der Waals surface area contributed by atoms with Crippen LogP contribution in [0.25, 0.3) is 0 Å². The highest BCUT2D eigenvalue weighted by Crippen LogP contribution is 2.29. The quantitative estimate of drug-likeness (QED) is 0.422. The van der Waals surface area contributed by atoms with Crippen LogP contribution in [-0.4, -0.2) is 55.6 Å². The zero-order chi connectivity index (χ0) is 25.4. The molecule has 0 spiro atoms. The summed E-state index contributed by atoms with van der Waals surface area (Å²) in [6.45, 7) is 2.41. The monoisotopic (exact) mass is 494 g/mol. The summed E-state index contributed by atoms with van der Waals surface area (Å²) in [6, 6.07) is 5.66. The first-order valence-corrected chi connectivity index (χ1v) is 11.1. The van der Waals surface area contributed by atoms with Crippen molar-refractivity contribution < 1.29 is 41.8 Å². The van der Waals surface area contributed by atoms with E-state index in [1.54, 1.807) is 11.8 Å². The third-order valence-corrected chi connectivity index (χ3v) is 5.18. The largest absolute Gasteiger partial charge is 0.490 e. The maximum atomic E-state index is 13.7. The van der Waals surface area contributed by atoms with Crippen molar-refractivity contribution in [2.75, 3.05) is 38.2 Å². The number of esters is 1. The first-order valence-electron chi connectivity index (χ1n) is 11.1. The van der Waals surface area contributed by atoms with Gasteiger partial charge in [-0.1, -0.05) is 0 Å². The number of piperidine rings is 1. The van der Waals surface area contributed by atoms with Crippen LogP contribution >= 0.6 is 0 Å². The number of anilines is 1. The van der Waals surface area contributed by atoms with E-state index in [0.29, 0.717) is 19.2 Å². The molecule has 2 aromatic rings. The molecule has 0 saturated carbocycles. The summed E-state index contributed by atoms with van der Waals surface area (Å²) in [7, 11) is 0. The molecule has 1 aliphatic heterocycles. The average molecular weight is 494 g/mol. The van der Waals surface area contributed by atoms with Crippen molar-refractivity contribution in [3.63, 3.8) is 0 Å². The number of carbonyl (C=O) groups excluding carboxylic acids is 3. The minimum atomic E-state index is -1.73. The molecule has 0 aliphatic carbocycles. The number of halogens is 3. The van der Waals surface area contributed by atoms with E-state index in [0.717, 1.165) is 25.3 Å². The van der Waals surface area contributed by atoms with Crippen molar-refractivity contribution in [1.29, 1.82) is 0 Å². The number of benzene rings is 2. The number of hydrogen-bond acceptors (Lipinski definition) is 6. The predicted octanol–water partition coefficient (Wildman–Crippen LogP) is 3.69. The number of likely N-dealkylation sites (tertiary alicyclic amines) is 1. The lowest BCUT2D eigenvalue weighted by molar-refractivity contribution is -0.134. The van der Waals surface area contributed by atoms with Crippen molar-refractivity contribution in [2.45, 2.75) is 26.2 Å². The van der Waals surface area contributed by atoms with Gasteiger partial charge in [-0.25, -0.2) is 18.0 Å². The van der Waals surface area contributed by atoms with Gasteiger partial charge in [0.15, 0.2) is 42.2 Å². The number of nitrogens with one attached hydrogen (secondary N) is 1. The fourth-order valence-corrected chi connectivity index (χ4v) is 3.42. The lowest BCUT2D eigenvalue weighted by Crippen LogP contribution is -2.38. The van der Waals surface area contributed by atoms with Gasteiger partial charge in [0, 0.05) is 13.1 Å². The van der Waals surface area contributed by atoms with Gasteiger partial charge in [0.05, 0.1) is 17.9 Å². The Morgan fingerprint density at radius 1 is 0.914 bits per heavy atom. The molecule has 1 heterocycles. The van der Waals surface area contributed by atoms with Gasteiger partial charge in [0.25, 0.3) is 11.8 Å². The van der Waals surface area contributed by atoms with Gasteiger partial charge in [0.1, 0.15) is 0 Å². The van der Waals surface area contributed by atoms with Crippen LogP contribution in [0.2, 0.25) is 0 Å². The summed E-state index contributed by atoms with van der Waals surface area (Å²) in [6.07, 6.45) is 3.01. The molecule has 0 aromatic heterocycles. The number of hydrogen-bond donors (Lipinski definition) is 1. The predicted molar refractivity (Wildman–Crippen MR) is 119 cm³/mol. The van der Waals surface area contributed by atoms with Crippen LogP contribution < -0.4 is 14.8 Å². The van der Waals surface area contributed by atoms with Crippen molar-refractivity contribution in [2.24, 2.45) is 0 Å². The van der Waals surface area contributed by atoms with E-state index in [-0.39, 0.29) is 36.2 Å². The van der Waals surface area contributed by atoms with E-state index in [2.05, 4.69) is 0 Å². The highest BCUT2D eigenvalue weighted by molar-refractivity contribution is 5.95. The van der Waals surface area contributed by atoms with Crippen LogP contribution in [0.15, 0.2) is 30.3 Å². The van der Waals surface area contributed by atoms with E-state index in [9.17, 15) is 27.6 Å². The number of ether oxygens (including phenoxy) is 3. The summed E-state index contributed by atoms with van der Waals surface area (Å²) in [5, 5.41) is 2.00. The van der Waals surface area contributed by atoms with Gasteiger partial charge in [-0.15, -0.1) is 0 Å². The number of nitrogens with zero attached hydrogens (tertiary/aromatic N) is 1. The molecular weight excluding hydrogens is 469 g/mol. The standard InChI is InChI=1S/C24H25F3N2O6/c1-2-33-19-12-15(6-9-18(19)34-14-21(31)29-10-4-3-5-11-29)24(32)35-13-20(30)28-17-8-7-16(25)22(26)23(17)27/h6-9,12H,2-5,10-11,13-14H2,1H3,(H,28,30). The lowest BCUT2D eigenvalue weighted by Gasteiger charge is -2.26. The molecular formula is C24H25F3N2O6. The Kier molecular flexibility index (Phi) is 8.93. The van der Waals surface area contributed by atoms with E-state index >= 15 is 0 Å². The fourth-order valence-electron chi connectivity index (χ4n) is 3.42. The molecule has 3 rings (SSSR count). The van der Waals surface area contributed by atoms with Gasteiger partial charge >= 0.3 is 5.97 Å². The first kappa shape index (κ1) is 25.9. The Bertz CT molecular complexity index is 1090. The van der Waals surface area contributed by atoms with E-state index in [1.165, 1.54) is 18.2 Å². The molecule has 11 heteroatoms. The minimum absolute atomic E-state index is 0.0370. The Labute approximate surface area is 199 Å². The highest BCUT2D eigenvalue weighted by Gasteiger charge is 2.20. The number of amides is 2. The van der Waals surface area contributed by atoms with Gasteiger partial charge < -0.3 is 24.4 Å². The summed E-state index contributed by atoms with van der Waals surface area (Å²) < 4.78 is 56.0. The van der Waals surface area contributed by atoms with Crippen LogP contribution in [0.1, 0.15) is 36.5 Å². The van der Waals surface area contributed by atoms with Crippen molar-refractivity contribution in [3.05, 3.63) is 53.3 Å². The van der Waals surface area contributed by atoms with Gasteiger partial charge in [0.2, 0.25) is 0 Å². The molecule has 188 valence electrons. The molecule has 1 N–H and O–H groups in total. The van der Waals surface area contributed by atoms with E-state index in [1.807, 2.05) is 5.32 Å². The normalized spacial score (nSPS) is 13.2. The summed E-state index contributed by atoms with van der Waals surface area (Å²) in [5.41, 5.74) is -0.556. The van der Waals surface area contributed by atoms with Crippen LogP contribution in [0, 0.1) is 17.5 Å². The first-order chi connectivity index (χ1) is 16.8. The lowest BCUT2D eigenvalue weighted by atomic mass is 10.1. The molecule has 2 amide bonds. The Morgan fingerprint density at radius 2 is 1.66 bits per heavy atom. The van der Waals surface area contributed by atoms with Crippen molar-refractivity contribution in [1.82, 2.24) is 4.90 Å². The highest BCUT2D eigenvalue weighted by atomic mass is 19.2. The fraction of sp³-hybridized carbons (Fsp3) is 0.375. The maximum absolute atomic E-state index is 13.7. The average Bonchev–Trinajstić information content (AvgIpc) is 2.87. The molecule has 0 bridgehead atoms. The molecule has 0 atom stereocenters. The van der Waals surface area contributed by atoms with Crippen LogP contribution in [0.4, 0.5) is 18.9 Å². The second-order valence-corrected chi connectivity index (χ2v) is 7.67. The summed E-state index contributed by atoms with van der Waals surface area (Å²) in [5.74, 6) is -6.21. The topological polar surface area (TPSA) is 94.2 Å². The molecule has 1 aliphatic rings. The zero-order valence-electron chi connectivity index (χ0n) is 19.1. The molecule has 0 unspecified atom stereocenters. The molecule has 35 heavy (non-hydrogen) atoms. The maximum Gasteiger partial charge on any atom is 0.338 e. The van der Waals surface area contributed by atoms with Gasteiger partial charge in [-0.05, 0) is 56.5 Å². The van der Waals surface area contributed by atoms with Gasteiger partial charge in [-0.3, -0.25) is 9.59 Å². The van der Waals surface area contributed by atoms with Crippen LogP contribution in [-0.2, 0) is 14.3 Å². The van der Waals surface area contributed by atoms with E-state index < -0.39 is 41.6 Å². The Balaban J connectivity index is 1.57. The minimum Gasteiger partial charge on any atom is -0.490 e. The molecule has 1 saturated heterocycles. The van der Waals surface area contributed by atoms with Crippen molar-refractivity contribution >= 4 is 23.5 Å². The Morgan fingerprint density at radius 3 is 2.37 bits per heavy atom. The molecule has 2 aromatic carbocycles. The number of rotatable bonds is 9. The number of carbonyl (C=O) groups is 3. The zero-order valence-corrected chi connectivity index (χ0v) is 19.1. The molecule has 1 fully saturated rings. The second-order valence-electron chi connectivity index (χ2n) is 7.67. The summed E-state index contributed by atoms with van der Waals surface area (Å²) in [4.78, 5) is 38.4. The van der Waals surface area contributed by atoms with Crippen LogP contribution in [0.5, 0.6) is 11.5 Å². The molecule has 0 radical (unpaired) electrons. The second kappa shape index (κ2) is 12.1. The summed E-state index contributed by atoms with van der Waals surface area (Å²) >= 11 is 0. The van der Waals surface area contributed by atoms with Crippen molar-refractivity contribution in [3.8, 4) is 11.5 Å². The third-order valence-electron chi connectivity index (χ3n) is 5.18. The van der Waals surface area contributed by atoms with Gasteiger partial charge in [-0.2, -0.15) is 0 Å². The van der Waals surface area contributed by atoms with Crippen LogP contribution in [0.3, 0.4) is 0 Å². The van der Waals surface area contributed by atoms with E-state index in [4.69, 9.17) is 14.2 Å².